The molecule has 2 aromatic rings. The molecule has 2 aliphatic rings. The van der Waals surface area contributed by atoms with Gasteiger partial charge in [-0.05, 0) is 25.1 Å². The van der Waals surface area contributed by atoms with Crippen LogP contribution in [0, 0.1) is 11.6 Å². The Morgan fingerprint density at radius 2 is 2.00 bits per heavy atom. The van der Waals surface area contributed by atoms with E-state index in [0.29, 0.717) is 0 Å². The number of rotatable bonds is 7. The number of carbonyl (C=O) groups excluding carboxylic acids is 1. The number of aromatic nitrogens is 1. The maximum atomic E-state index is 14.6. The second-order valence-corrected chi connectivity index (χ2v) is 8.35. The number of ether oxygens (including phenoxy) is 4. The van der Waals surface area contributed by atoms with Crippen LogP contribution < -0.4 is 9.47 Å². The fraction of sp³-hybridized carbons (Fsp3) is 0.478. The van der Waals surface area contributed by atoms with E-state index in [0.717, 1.165) is 26.2 Å². The third-order valence-corrected chi connectivity index (χ3v) is 6.31. The Kier molecular flexibility index (Phi) is 7.06. The Labute approximate surface area is 201 Å². The third-order valence-electron chi connectivity index (χ3n) is 6.31. The van der Waals surface area contributed by atoms with Gasteiger partial charge in [0, 0.05) is 18.5 Å². The summed E-state index contributed by atoms with van der Waals surface area (Å²) in [6, 6.07) is 6.04. The fourth-order valence-corrected chi connectivity index (χ4v) is 4.27. The van der Waals surface area contributed by atoms with Gasteiger partial charge in [-0.3, -0.25) is 4.79 Å². The van der Waals surface area contributed by atoms with Gasteiger partial charge in [0.1, 0.15) is 24.2 Å². The van der Waals surface area contributed by atoms with E-state index in [1.54, 1.807) is 0 Å². The van der Waals surface area contributed by atoms with Gasteiger partial charge in [0.2, 0.25) is 0 Å². The number of amides is 1. The minimum atomic E-state index is -4.43. The van der Waals surface area contributed by atoms with Crippen LogP contribution in [0.2, 0.25) is 0 Å². The molecule has 4 rings (SSSR count). The van der Waals surface area contributed by atoms with Gasteiger partial charge < -0.3 is 23.8 Å². The highest BCUT2D eigenvalue weighted by molar-refractivity contribution is 5.92. The molecule has 0 aliphatic carbocycles. The van der Waals surface area contributed by atoms with Gasteiger partial charge in [-0.15, -0.1) is 0 Å². The van der Waals surface area contributed by atoms with Crippen molar-refractivity contribution in [2.24, 2.45) is 0 Å². The predicted molar refractivity (Wildman–Crippen MR) is 111 cm³/mol. The first-order valence-corrected chi connectivity index (χ1v) is 10.9. The number of hydrogen-bond donors (Lipinski definition) is 0. The smallest absolute Gasteiger partial charge is 0.342 e. The van der Waals surface area contributed by atoms with E-state index in [9.17, 15) is 31.1 Å². The number of halogens is 6. The molecule has 1 aromatic heterocycles. The maximum Gasteiger partial charge on any atom is 0.342 e. The van der Waals surface area contributed by atoms with Gasteiger partial charge >= 0.3 is 12.3 Å². The van der Waals surface area contributed by atoms with Gasteiger partial charge in [-0.1, -0.05) is 12.1 Å². The standard InChI is InChI=1S/C23H22F6N2O5/c1-12(23(28,29)21(26)27)36-16-7-6-15(30-19(16)33-2)20(32)31-9-8-22(17(10-31)34-11-35-22)13-4-3-5-14(24)18(13)25/h3-7,12,17,21H,8-11H2,1-2H3/t12?,17?,22-/m1/s1. The average Bonchev–Trinajstić information content (AvgIpc) is 3.29. The molecule has 0 radical (unpaired) electrons. The molecule has 2 unspecified atom stereocenters. The van der Waals surface area contributed by atoms with E-state index in [2.05, 4.69) is 4.98 Å². The zero-order chi connectivity index (χ0) is 26.3. The summed E-state index contributed by atoms with van der Waals surface area (Å²) in [6.07, 6.45) is -6.84. The highest BCUT2D eigenvalue weighted by Gasteiger charge is 2.53. The van der Waals surface area contributed by atoms with Crippen molar-refractivity contribution < 1.29 is 50.1 Å². The highest BCUT2D eigenvalue weighted by Crippen LogP contribution is 2.44. The summed E-state index contributed by atoms with van der Waals surface area (Å²) in [6.45, 7) is 0.640. The highest BCUT2D eigenvalue weighted by atomic mass is 19.3. The molecule has 2 saturated heterocycles. The molecule has 2 aliphatic heterocycles. The van der Waals surface area contributed by atoms with E-state index in [4.69, 9.17) is 18.9 Å². The molecule has 1 amide bonds. The van der Waals surface area contributed by atoms with Crippen LogP contribution >= 0.6 is 0 Å². The number of pyridine rings is 1. The second kappa shape index (κ2) is 9.77. The topological polar surface area (TPSA) is 70.1 Å². The zero-order valence-electron chi connectivity index (χ0n) is 19.2. The minimum Gasteiger partial charge on any atom is -0.479 e. The summed E-state index contributed by atoms with van der Waals surface area (Å²) in [5.41, 5.74) is -1.43. The first kappa shape index (κ1) is 26.0. The SMILES string of the molecule is COc1nc(C(=O)N2CC[C@]3(c4cccc(F)c4F)OCOC3C2)ccc1OC(C)C(F)(F)C(F)F. The second-order valence-electron chi connectivity index (χ2n) is 8.35. The summed E-state index contributed by atoms with van der Waals surface area (Å²) in [5.74, 6) is -7.81. The lowest BCUT2D eigenvalue weighted by molar-refractivity contribution is -0.178. The van der Waals surface area contributed by atoms with Crippen molar-refractivity contribution in [1.82, 2.24) is 9.88 Å². The van der Waals surface area contributed by atoms with Crippen molar-refractivity contribution in [1.29, 1.82) is 0 Å². The number of alkyl halides is 4. The van der Waals surface area contributed by atoms with Crippen LogP contribution in [0.5, 0.6) is 11.6 Å². The number of benzene rings is 1. The van der Waals surface area contributed by atoms with Crippen molar-refractivity contribution in [3.63, 3.8) is 0 Å². The third kappa shape index (κ3) is 4.45. The summed E-state index contributed by atoms with van der Waals surface area (Å²) < 4.78 is 102. The number of likely N-dealkylation sites (tertiary alicyclic amines) is 1. The van der Waals surface area contributed by atoms with Crippen LogP contribution in [0.15, 0.2) is 30.3 Å². The quantitative estimate of drug-likeness (QED) is 0.511. The fourth-order valence-electron chi connectivity index (χ4n) is 4.27. The summed E-state index contributed by atoms with van der Waals surface area (Å²) in [7, 11) is 1.14. The Morgan fingerprint density at radius 3 is 2.69 bits per heavy atom. The molecule has 13 heteroatoms. The number of nitrogens with zero attached hydrogens (tertiary/aromatic N) is 2. The lowest BCUT2D eigenvalue weighted by Gasteiger charge is -2.41. The molecule has 3 atom stereocenters. The van der Waals surface area contributed by atoms with Crippen molar-refractivity contribution in [2.45, 2.75) is 43.5 Å². The molecule has 3 heterocycles. The normalized spacial score (nSPS) is 22.9. The van der Waals surface area contributed by atoms with E-state index < -0.39 is 47.7 Å². The first-order chi connectivity index (χ1) is 17.0. The number of carbonyl (C=O) groups is 1. The van der Waals surface area contributed by atoms with Crippen molar-refractivity contribution in [3.05, 3.63) is 53.2 Å². The molecule has 7 nitrogen and oxygen atoms in total. The summed E-state index contributed by atoms with van der Waals surface area (Å²) in [5, 5.41) is 0. The van der Waals surface area contributed by atoms with Gasteiger partial charge in [0.15, 0.2) is 23.5 Å². The molecule has 1 aromatic carbocycles. The molecule has 36 heavy (non-hydrogen) atoms. The van der Waals surface area contributed by atoms with E-state index in [1.807, 2.05) is 0 Å². The van der Waals surface area contributed by atoms with E-state index in [1.165, 1.54) is 23.1 Å². The molecular formula is C23H22F6N2O5. The van der Waals surface area contributed by atoms with Gasteiger partial charge in [0.25, 0.3) is 11.8 Å². The van der Waals surface area contributed by atoms with Crippen LogP contribution in [0.4, 0.5) is 26.3 Å². The first-order valence-electron chi connectivity index (χ1n) is 10.9. The Bertz CT molecular complexity index is 1140. The minimum absolute atomic E-state index is 0.00638. The molecule has 2 fully saturated rings. The van der Waals surface area contributed by atoms with Gasteiger partial charge in [-0.2, -0.15) is 8.78 Å². The monoisotopic (exact) mass is 520 g/mol. The lowest BCUT2D eigenvalue weighted by atomic mass is 9.81. The molecule has 0 saturated carbocycles. The maximum absolute atomic E-state index is 14.6. The molecular weight excluding hydrogens is 498 g/mol. The van der Waals surface area contributed by atoms with Gasteiger partial charge in [0.05, 0.1) is 13.7 Å². The Balaban J connectivity index is 1.52. The molecule has 0 N–H and O–H groups in total. The summed E-state index contributed by atoms with van der Waals surface area (Å²) >= 11 is 0. The largest absolute Gasteiger partial charge is 0.479 e. The number of methoxy groups -OCH3 is 1. The van der Waals surface area contributed by atoms with Crippen LogP contribution in [0.1, 0.15) is 29.4 Å². The number of piperidine rings is 1. The Morgan fingerprint density at radius 1 is 1.25 bits per heavy atom. The van der Waals surface area contributed by atoms with E-state index in [-0.39, 0.29) is 49.2 Å². The van der Waals surface area contributed by atoms with Crippen molar-refractivity contribution >= 4 is 5.91 Å². The predicted octanol–water partition coefficient (Wildman–Crippen LogP) is 4.15. The average molecular weight is 520 g/mol. The number of hydrogen-bond acceptors (Lipinski definition) is 6. The Hall–Kier alpha value is -3.06. The molecule has 0 bridgehead atoms. The lowest BCUT2D eigenvalue weighted by Crippen LogP contribution is -2.54. The van der Waals surface area contributed by atoms with Crippen LogP contribution in [0.3, 0.4) is 0 Å². The van der Waals surface area contributed by atoms with Crippen molar-refractivity contribution in [3.8, 4) is 11.6 Å². The van der Waals surface area contributed by atoms with Gasteiger partial charge in [-0.25, -0.2) is 22.5 Å². The molecule has 0 spiro atoms. The molecule has 196 valence electrons. The van der Waals surface area contributed by atoms with Crippen LogP contribution in [0.25, 0.3) is 0 Å². The zero-order valence-corrected chi connectivity index (χ0v) is 19.2. The summed E-state index contributed by atoms with van der Waals surface area (Å²) in [4.78, 5) is 18.5. The van der Waals surface area contributed by atoms with Crippen molar-refractivity contribution in [2.75, 3.05) is 27.0 Å². The van der Waals surface area contributed by atoms with E-state index >= 15 is 0 Å². The van der Waals surface area contributed by atoms with Crippen LogP contribution in [-0.2, 0) is 15.1 Å². The number of fused-ring (bicyclic) bond motifs is 1. The van der Waals surface area contributed by atoms with Crippen LogP contribution in [-0.4, -0.2) is 67.3 Å².